The van der Waals surface area contributed by atoms with Crippen molar-refractivity contribution < 1.29 is 4.79 Å². The SMILES string of the molecule is CC.CC(C)/C(N)=C/C=C/N1CCC2(CCNCC2)C1=O. The number of piperidine rings is 1. The molecule has 2 heterocycles. The maximum atomic E-state index is 12.5. The molecule has 1 amide bonds. The van der Waals surface area contributed by atoms with Gasteiger partial charge in [0, 0.05) is 18.4 Å². The maximum Gasteiger partial charge on any atom is 0.232 e. The van der Waals surface area contributed by atoms with E-state index in [-0.39, 0.29) is 5.41 Å². The van der Waals surface area contributed by atoms with Crippen LogP contribution in [-0.2, 0) is 4.79 Å². The quantitative estimate of drug-likeness (QED) is 0.786. The maximum absolute atomic E-state index is 12.5. The van der Waals surface area contributed by atoms with Gasteiger partial charge in [-0.15, -0.1) is 0 Å². The third kappa shape index (κ3) is 4.34. The van der Waals surface area contributed by atoms with E-state index in [1.54, 1.807) is 0 Å². The standard InChI is InChI=1S/C15H25N3O.C2H6/c1-12(2)13(16)4-3-10-18-11-7-15(14(18)19)5-8-17-9-6-15;1-2/h3-4,10,12,17H,5-9,11,16H2,1-2H3;1-2H3/b10-3+,13-4-;. The summed E-state index contributed by atoms with van der Waals surface area (Å²) >= 11 is 0. The molecule has 1 spiro atoms. The number of carbonyl (C=O) groups is 1. The summed E-state index contributed by atoms with van der Waals surface area (Å²) in [5, 5.41) is 3.33. The first-order valence-corrected chi connectivity index (χ1v) is 8.21. The molecule has 0 aromatic heterocycles. The number of hydrogen-bond donors (Lipinski definition) is 2. The highest BCUT2D eigenvalue weighted by atomic mass is 16.2. The Kier molecular flexibility index (Phi) is 6.96. The molecule has 2 fully saturated rings. The van der Waals surface area contributed by atoms with E-state index in [0.29, 0.717) is 11.8 Å². The second kappa shape index (κ2) is 8.23. The third-order valence-electron chi connectivity index (χ3n) is 4.33. The van der Waals surface area contributed by atoms with Crippen molar-refractivity contribution in [3.63, 3.8) is 0 Å². The lowest BCUT2D eigenvalue weighted by molar-refractivity contribution is -0.135. The molecule has 2 aliphatic rings. The summed E-state index contributed by atoms with van der Waals surface area (Å²) in [5.74, 6) is 0.636. The summed E-state index contributed by atoms with van der Waals surface area (Å²) in [6, 6.07) is 0. The van der Waals surface area contributed by atoms with Gasteiger partial charge in [-0.3, -0.25) is 4.79 Å². The normalized spacial score (nSPS) is 22.0. The molecule has 4 nitrogen and oxygen atoms in total. The highest BCUT2D eigenvalue weighted by Gasteiger charge is 2.46. The van der Waals surface area contributed by atoms with Gasteiger partial charge in [0.15, 0.2) is 0 Å². The number of nitrogens with zero attached hydrogens (tertiary/aromatic N) is 1. The molecule has 3 N–H and O–H groups in total. The second-order valence-corrected chi connectivity index (χ2v) is 5.94. The van der Waals surface area contributed by atoms with Gasteiger partial charge in [0.25, 0.3) is 0 Å². The van der Waals surface area contributed by atoms with Crippen LogP contribution in [-0.4, -0.2) is 30.4 Å². The number of likely N-dealkylation sites (tertiary alicyclic amines) is 1. The molecule has 0 atom stereocenters. The minimum absolute atomic E-state index is 0.0943. The van der Waals surface area contributed by atoms with E-state index >= 15 is 0 Å². The van der Waals surface area contributed by atoms with Crippen LogP contribution in [0.4, 0.5) is 0 Å². The lowest BCUT2D eigenvalue weighted by Crippen LogP contribution is -2.41. The van der Waals surface area contributed by atoms with Gasteiger partial charge in [0.05, 0.1) is 5.41 Å². The monoisotopic (exact) mass is 293 g/mol. The Morgan fingerprint density at radius 2 is 1.90 bits per heavy atom. The molecule has 0 aliphatic carbocycles. The van der Waals surface area contributed by atoms with Gasteiger partial charge in [-0.25, -0.2) is 0 Å². The number of amides is 1. The van der Waals surface area contributed by atoms with E-state index in [9.17, 15) is 4.79 Å². The predicted molar refractivity (Wildman–Crippen MR) is 88.5 cm³/mol. The van der Waals surface area contributed by atoms with E-state index in [1.165, 1.54) is 0 Å². The summed E-state index contributed by atoms with van der Waals surface area (Å²) in [6.45, 7) is 10.9. The van der Waals surface area contributed by atoms with Crippen molar-refractivity contribution in [1.82, 2.24) is 10.2 Å². The first-order chi connectivity index (χ1) is 10.1. The molecule has 0 aromatic rings. The van der Waals surface area contributed by atoms with Gasteiger partial charge >= 0.3 is 0 Å². The van der Waals surface area contributed by atoms with E-state index < -0.39 is 0 Å². The van der Waals surface area contributed by atoms with Gasteiger partial charge in [-0.05, 0) is 50.4 Å². The van der Waals surface area contributed by atoms with Crippen LogP contribution in [0.5, 0.6) is 0 Å². The Morgan fingerprint density at radius 1 is 1.29 bits per heavy atom. The Hall–Kier alpha value is -1.29. The first-order valence-electron chi connectivity index (χ1n) is 8.21. The van der Waals surface area contributed by atoms with Crippen molar-refractivity contribution in [3.8, 4) is 0 Å². The van der Waals surface area contributed by atoms with Crippen molar-refractivity contribution in [3.05, 3.63) is 24.0 Å². The van der Waals surface area contributed by atoms with E-state index in [0.717, 1.165) is 44.6 Å². The van der Waals surface area contributed by atoms with Crippen LogP contribution in [0.15, 0.2) is 24.0 Å². The molecule has 0 unspecified atom stereocenters. The smallest absolute Gasteiger partial charge is 0.232 e. The van der Waals surface area contributed by atoms with Crippen molar-refractivity contribution >= 4 is 5.91 Å². The van der Waals surface area contributed by atoms with Crippen LogP contribution in [0.2, 0.25) is 0 Å². The van der Waals surface area contributed by atoms with Crippen molar-refractivity contribution in [2.45, 2.75) is 47.0 Å². The molecular weight excluding hydrogens is 262 g/mol. The minimum Gasteiger partial charge on any atom is -0.402 e. The molecule has 2 aliphatic heterocycles. The average molecular weight is 293 g/mol. The number of nitrogens with two attached hydrogens (primary N) is 1. The molecule has 2 rings (SSSR count). The van der Waals surface area contributed by atoms with Crippen molar-refractivity contribution in [1.29, 1.82) is 0 Å². The zero-order valence-corrected chi connectivity index (χ0v) is 14.0. The fraction of sp³-hybridized carbons (Fsp3) is 0.706. The predicted octanol–water partition coefficient (Wildman–Crippen LogP) is 2.63. The van der Waals surface area contributed by atoms with Gasteiger partial charge < -0.3 is 16.0 Å². The zero-order chi connectivity index (χ0) is 15.9. The van der Waals surface area contributed by atoms with Crippen LogP contribution in [0.1, 0.15) is 47.0 Å². The van der Waals surface area contributed by atoms with Crippen LogP contribution >= 0.6 is 0 Å². The van der Waals surface area contributed by atoms with E-state index in [2.05, 4.69) is 19.2 Å². The van der Waals surface area contributed by atoms with Crippen LogP contribution < -0.4 is 11.1 Å². The zero-order valence-electron chi connectivity index (χ0n) is 14.0. The van der Waals surface area contributed by atoms with Crippen LogP contribution in [0.3, 0.4) is 0 Å². The lowest BCUT2D eigenvalue weighted by atomic mass is 9.78. The molecule has 0 aromatic carbocycles. The Balaban J connectivity index is 0.00000106. The van der Waals surface area contributed by atoms with Gasteiger partial charge in [0.2, 0.25) is 5.91 Å². The number of carbonyl (C=O) groups excluding carboxylic acids is 1. The molecule has 4 heteroatoms. The molecule has 0 saturated carbocycles. The summed E-state index contributed by atoms with van der Waals surface area (Å²) in [5.41, 5.74) is 6.62. The fourth-order valence-electron chi connectivity index (χ4n) is 2.81. The molecule has 2 saturated heterocycles. The first kappa shape index (κ1) is 17.8. The summed E-state index contributed by atoms with van der Waals surface area (Å²) in [7, 11) is 0. The Morgan fingerprint density at radius 3 is 2.48 bits per heavy atom. The lowest BCUT2D eigenvalue weighted by Gasteiger charge is -2.31. The summed E-state index contributed by atoms with van der Waals surface area (Å²) < 4.78 is 0. The average Bonchev–Trinajstić information content (AvgIpc) is 2.79. The number of hydrogen-bond acceptors (Lipinski definition) is 3. The minimum atomic E-state index is -0.0943. The number of nitrogens with one attached hydrogen (secondary N) is 1. The van der Waals surface area contributed by atoms with Crippen molar-refractivity contribution in [2.24, 2.45) is 17.1 Å². The van der Waals surface area contributed by atoms with E-state index in [4.69, 9.17) is 5.73 Å². The van der Waals surface area contributed by atoms with Crippen molar-refractivity contribution in [2.75, 3.05) is 19.6 Å². The highest BCUT2D eigenvalue weighted by molar-refractivity contribution is 5.85. The van der Waals surface area contributed by atoms with Gasteiger partial charge in [0.1, 0.15) is 0 Å². The molecular formula is C17H31N3O. The molecule has 0 bridgehead atoms. The van der Waals surface area contributed by atoms with Crippen LogP contribution in [0.25, 0.3) is 0 Å². The highest BCUT2D eigenvalue weighted by Crippen LogP contribution is 2.39. The topological polar surface area (TPSA) is 58.4 Å². The second-order valence-electron chi connectivity index (χ2n) is 5.94. The Bertz CT molecular complexity index is 393. The summed E-state index contributed by atoms with van der Waals surface area (Å²) in [4.78, 5) is 14.3. The van der Waals surface area contributed by atoms with Gasteiger partial charge in [-0.1, -0.05) is 27.7 Å². The summed E-state index contributed by atoms with van der Waals surface area (Å²) in [6.07, 6.45) is 8.61. The molecule has 0 radical (unpaired) electrons. The molecule has 120 valence electrons. The number of allylic oxidation sites excluding steroid dienone is 3. The Labute approximate surface area is 129 Å². The fourth-order valence-corrected chi connectivity index (χ4v) is 2.81. The van der Waals surface area contributed by atoms with Crippen LogP contribution in [0, 0.1) is 11.3 Å². The molecule has 21 heavy (non-hydrogen) atoms. The van der Waals surface area contributed by atoms with E-state index in [1.807, 2.05) is 37.1 Å². The third-order valence-corrected chi connectivity index (χ3v) is 4.33. The number of rotatable bonds is 3. The van der Waals surface area contributed by atoms with Gasteiger partial charge in [-0.2, -0.15) is 0 Å². The largest absolute Gasteiger partial charge is 0.402 e.